The summed E-state index contributed by atoms with van der Waals surface area (Å²) in [4.78, 5) is 4.69. The predicted octanol–water partition coefficient (Wildman–Crippen LogP) is 4.63. The molecule has 2 aromatic carbocycles. The third-order valence-corrected chi connectivity index (χ3v) is 4.23. The number of pyridine rings is 1. The van der Waals surface area contributed by atoms with Gasteiger partial charge in [-0.2, -0.15) is 0 Å². The van der Waals surface area contributed by atoms with Crippen molar-refractivity contribution in [3.05, 3.63) is 54.0 Å². The molecular weight excluding hydrogens is 333 g/mol. The zero-order valence-corrected chi connectivity index (χ0v) is 15.0. The minimum absolute atomic E-state index is 0.0973. The number of aromatic nitrogens is 1. The van der Waals surface area contributed by atoms with Gasteiger partial charge in [0, 0.05) is 10.9 Å². The van der Waals surface area contributed by atoms with E-state index in [1.165, 1.54) is 12.1 Å². The van der Waals surface area contributed by atoms with Gasteiger partial charge in [0.25, 0.3) is 0 Å². The Morgan fingerprint density at radius 1 is 1.04 bits per heavy atom. The van der Waals surface area contributed by atoms with Crippen LogP contribution in [0.15, 0.2) is 42.5 Å². The van der Waals surface area contributed by atoms with Crippen molar-refractivity contribution < 1.29 is 19.3 Å². The summed E-state index contributed by atoms with van der Waals surface area (Å²) in [5.41, 5.74) is 2.55. The molecule has 3 aromatic rings. The molecule has 3 rings (SSSR count). The van der Waals surface area contributed by atoms with E-state index in [2.05, 4.69) is 0 Å². The van der Waals surface area contributed by atoms with E-state index >= 15 is 0 Å². The molecule has 0 aliphatic rings. The number of nitrogens with zero attached hydrogens (tertiary/aromatic N) is 1. The summed E-state index contributed by atoms with van der Waals surface area (Å²) < 4.78 is 19.2. The van der Waals surface area contributed by atoms with E-state index in [0.29, 0.717) is 11.3 Å². The Hall–Kier alpha value is -2.66. The van der Waals surface area contributed by atoms with E-state index in [0.717, 1.165) is 22.2 Å². The molecule has 0 aliphatic heterocycles. The summed E-state index contributed by atoms with van der Waals surface area (Å²) in [7, 11) is 0. The first kappa shape index (κ1) is 18.1. The minimum Gasteiger partial charge on any atom is -0.508 e. The molecule has 4 nitrogen and oxygen atoms in total. The normalized spacial score (nSPS) is 12.5. The van der Waals surface area contributed by atoms with Crippen LogP contribution in [0.3, 0.4) is 0 Å². The summed E-state index contributed by atoms with van der Waals surface area (Å²) in [6.45, 7) is 5.67. The van der Waals surface area contributed by atoms with Gasteiger partial charge in [-0.05, 0) is 54.1 Å². The maximum Gasteiger partial charge on any atom is 0.222 e. The van der Waals surface area contributed by atoms with E-state index in [9.17, 15) is 14.6 Å². The number of aliphatic hydroxyl groups excluding tert-OH is 1. The fourth-order valence-corrected chi connectivity index (χ4v) is 2.95. The van der Waals surface area contributed by atoms with Crippen LogP contribution in [-0.4, -0.2) is 27.9 Å². The molecule has 0 unspecified atom stereocenters. The van der Waals surface area contributed by atoms with Crippen molar-refractivity contribution in [1.82, 2.24) is 4.98 Å². The number of aromatic hydroxyl groups is 1. The van der Waals surface area contributed by atoms with Crippen LogP contribution in [0.5, 0.6) is 11.6 Å². The largest absolute Gasteiger partial charge is 0.508 e. The Balaban J connectivity index is 2.34. The zero-order valence-electron chi connectivity index (χ0n) is 15.0. The number of hydrogen-bond acceptors (Lipinski definition) is 4. The molecule has 1 aromatic heterocycles. The van der Waals surface area contributed by atoms with E-state index in [4.69, 9.17) is 9.72 Å². The van der Waals surface area contributed by atoms with Gasteiger partial charge in [0.1, 0.15) is 17.7 Å². The number of halogens is 1. The lowest BCUT2D eigenvalue weighted by molar-refractivity contribution is 0.126. The molecular formula is C21H22FNO3. The van der Waals surface area contributed by atoms with Crippen LogP contribution in [0, 0.1) is 5.82 Å². The minimum atomic E-state index is -0.426. The molecule has 0 saturated carbocycles. The SMILES string of the molecule is CC(C)c1nc(O[C@@H](C)CO)c2cc(O)ccc2c1-c1ccc(F)cc1. The lowest BCUT2D eigenvalue weighted by Crippen LogP contribution is -2.17. The highest BCUT2D eigenvalue weighted by Gasteiger charge is 2.20. The second-order valence-electron chi connectivity index (χ2n) is 6.68. The molecule has 26 heavy (non-hydrogen) atoms. The Morgan fingerprint density at radius 2 is 1.73 bits per heavy atom. The maximum absolute atomic E-state index is 13.4. The van der Waals surface area contributed by atoms with Gasteiger partial charge in [-0.15, -0.1) is 0 Å². The molecule has 0 radical (unpaired) electrons. The molecule has 0 saturated heterocycles. The van der Waals surface area contributed by atoms with Crippen molar-refractivity contribution in [1.29, 1.82) is 0 Å². The highest BCUT2D eigenvalue weighted by atomic mass is 19.1. The van der Waals surface area contributed by atoms with Gasteiger partial charge in [0.15, 0.2) is 0 Å². The highest BCUT2D eigenvalue weighted by molar-refractivity contribution is 6.01. The standard InChI is InChI=1S/C21H22FNO3/c1-12(2)20-19(14-4-6-15(22)7-5-14)17-9-8-16(25)10-18(17)21(23-20)26-13(3)11-24/h4-10,12-13,24-25H,11H2,1-3H3/t13-/m0/s1. The van der Waals surface area contributed by atoms with Crippen molar-refractivity contribution in [2.45, 2.75) is 32.8 Å². The first-order chi connectivity index (χ1) is 12.4. The number of fused-ring (bicyclic) bond motifs is 1. The van der Waals surface area contributed by atoms with Crippen LogP contribution in [0.2, 0.25) is 0 Å². The predicted molar refractivity (Wildman–Crippen MR) is 100 cm³/mol. The summed E-state index contributed by atoms with van der Waals surface area (Å²) in [5, 5.41) is 20.8. The van der Waals surface area contributed by atoms with Gasteiger partial charge in [0.05, 0.1) is 12.3 Å². The number of ether oxygens (including phenoxy) is 1. The molecule has 0 fully saturated rings. The first-order valence-electron chi connectivity index (χ1n) is 8.60. The third-order valence-electron chi connectivity index (χ3n) is 4.23. The molecule has 0 amide bonds. The first-order valence-corrected chi connectivity index (χ1v) is 8.60. The lowest BCUT2D eigenvalue weighted by Gasteiger charge is -2.20. The van der Waals surface area contributed by atoms with Crippen LogP contribution in [0.25, 0.3) is 21.9 Å². The molecule has 1 atom stereocenters. The summed E-state index contributed by atoms with van der Waals surface area (Å²) >= 11 is 0. The summed E-state index contributed by atoms with van der Waals surface area (Å²) in [5.74, 6) is 0.265. The number of benzene rings is 2. The van der Waals surface area contributed by atoms with Crippen LogP contribution in [0.1, 0.15) is 32.4 Å². The number of rotatable bonds is 5. The van der Waals surface area contributed by atoms with Gasteiger partial charge in [0.2, 0.25) is 5.88 Å². The quantitative estimate of drug-likeness (QED) is 0.700. The highest BCUT2D eigenvalue weighted by Crippen LogP contribution is 2.40. The number of phenolic OH excluding ortho intramolecular Hbond substituents is 1. The molecule has 5 heteroatoms. The molecule has 0 bridgehead atoms. The van der Waals surface area contributed by atoms with Crippen LogP contribution in [-0.2, 0) is 0 Å². The van der Waals surface area contributed by atoms with E-state index < -0.39 is 6.10 Å². The molecule has 1 heterocycles. The van der Waals surface area contributed by atoms with Crippen molar-refractivity contribution in [3.63, 3.8) is 0 Å². The Morgan fingerprint density at radius 3 is 2.35 bits per heavy atom. The Bertz CT molecular complexity index is 923. The van der Waals surface area contributed by atoms with Crippen molar-refractivity contribution >= 4 is 10.8 Å². The van der Waals surface area contributed by atoms with Gasteiger partial charge < -0.3 is 14.9 Å². The second-order valence-corrected chi connectivity index (χ2v) is 6.68. The number of phenols is 1. The van der Waals surface area contributed by atoms with Crippen molar-refractivity contribution in [3.8, 4) is 22.8 Å². The second kappa shape index (κ2) is 7.30. The third kappa shape index (κ3) is 3.48. The molecule has 2 N–H and O–H groups in total. The van der Waals surface area contributed by atoms with Gasteiger partial charge in [-0.1, -0.05) is 26.0 Å². The average Bonchev–Trinajstić information content (AvgIpc) is 2.62. The Labute approximate surface area is 151 Å². The monoisotopic (exact) mass is 355 g/mol. The summed E-state index contributed by atoms with van der Waals surface area (Å²) in [6, 6.07) is 11.3. The summed E-state index contributed by atoms with van der Waals surface area (Å²) in [6.07, 6.45) is -0.426. The van der Waals surface area contributed by atoms with Crippen LogP contribution < -0.4 is 4.74 Å². The van der Waals surface area contributed by atoms with E-state index in [1.54, 1.807) is 31.2 Å². The fraction of sp³-hybridized carbons (Fsp3) is 0.286. The van der Waals surface area contributed by atoms with Crippen molar-refractivity contribution in [2.75, 3.05) is 6.61 Å². The number of aliphatic hydroxyl groups is 1. The molecule has 136 valence electrons. The lowest BCUT2D eigenvalue weighted by atomic mass is 9.92. The van der Waals surface area contributed by atoms with Crippen LogP contribution >= 0.6 is 0 Å². The van der Waals surface area contributed by atoms with E-state index in [1.807, 2.05) is 19.9 Å². The maximum atomic E-state index is 13.4. The zero-order chi connectivity index (χ0) is 18.8. The molecule has 0 aliphatic carbocycles. The topological polar surface area (TPSA) is 62.6 Å². The van der Waals surface area contributed by atoms with Crippen molar-refractivity contribution in [2.24, 2.45) is 0 Å². The molecule has 0 spiro atoms. The van der Waals surface area contributed by atoms with Gasteiger partial charge in [-0.25, -0.2) is 9.37 Å². The average molecular weight is 355 g/mol. The van der Waals surface area contributed by atoms with E-state index in [-0.39, 0.29) is 24.1 Å². The van der Waals surface area contributed by atoms with Gasteiger partial charge in [-0.3, -0.25) is 0 Å². The smallest absolute Gasteiger partial charge is 0.222 e. The Kier molecular flexibility index (Phi) is 5.09. The van der Waals surface area contributed by atoms with Crippen LogP contribution in [0.4, 0.5) is 4.39 Å². The number of hydrogen-bond donors (Lipinski definition) is 2. The fourth-order valence-electron chi connectivity index (χ4n) is 2.95. The van der Waals surface area contributed by atoms with Gasteiger partial charge >= 0.3 is 0 Å².